The fourth-order valence-corrected chi connectivity index (χ4v) is 4.56. The number of rotatable bonds is 5. The van der Waals surface area contributed by atoms with Crippen LogP contribution in [0.1, 0.15) is 49.1 Å². The van der Waals surface area contributed by atoms with E-state index in [2.05, 4.69) is 10.2 Å². The molecule has 1 saturated heterocycles. The van der Waals surface area contributed by atoms with Gasteiger partial charge in [0.1, 0.15) is 0 Å². The van der Waals surface area contributed by atoms with E-state index < -0.39 is 17.8 Å². The molecule has 1 aliphatic carbocycles. The van der Waals surface area contributed by atoms with Gasteiger partial charge in [0.2, 0.25) is 0 Å². The fraction of sp³-hybridized carbons (Fsp3) is 0.700. The lowest BCUT2D eigenvalue weighted by atomic mass is 9.74. The van der Waals surface area contributed by atoms with Crippen molar-refractivity contribution in [2.24, 2.45) is 5.92 Å². The number of alkyl halides is 3. The van der Waals surface area contributed by atoms with Gasteiger partial charge in [-0.15, -0.1) is 0 Å². The second-order valence-electron chi connectivity index (χ2n) is 7.78. The number of hydrogen-bond donors (Lipinski definition) is 2. The summed E-state index contributed by atoms with van der Waals surface area (Å²) in [6.45, 7) is 2.57. The van der Waals surface area contributed by atoms with Crippen molar-refractivity contribution >= 4 is 0 Å². The quantitative estimate of drug-likeness (QED) is 0.831. The van der Waals surface area contributed by atoms with E-state index in [1.807, 2.05) is 7.05 Å². The van der Waals surface area contributed by atoms with Crippen LogP contribution in [-0.2, 0) is 6.18 Å². The summed E-state index contributed by atoms with van der Waals surface area (Å²) < 4.78 is 39.6. The Kier molecular flexibility index (Phi) is 6.25. The second-order valence-corrected chi connectivity index (χ2v) is 7.78. The molecule has 3 unspecified atom stereocenters. The third kappa shape index (κ3) is 4.59. The second kappa shape index (κ2) is 8.28. The predicted molar refractivity (Wildman–Crippen MR) is 96.1 cm³/mol. The standard InChI is InChI=1S/C20H29F3N2O/c1-24-16-9-10-25(12-16)13-18(17-7-2-3-8-19(17)26)14-5-4-6-15(11-14)20(21,22)23/h4-6,11,16-19,24,26H,2-3,7-10,12-13H2,1H3/t16-,17?,18?,19?/m0/s1. The van der Waals surface area contributed by atoms with Crippen LogP contribution in [-0.4, -0.2) is 48.8 Å². The van der Waals surface area contributed by atoms with Gasteiger partial charge in [-0.05, 0) is 50.4 Å². The van der Waals surface area contributed by atoms with Crippen LogP contribution in [0.3, 0.4) is 0 Å². The van der Waals surface area contributed by atoms with Gasteiger partial charge in [0, 0.05) is 25.0 Å². The molecule has 0 aromatic heterocycles. The molecule has 0 radical (unpaired) electrons. The molecule has 0 spiro atoms. The minimum Gasteiger partial charge on any atom is -0.393 e. The van der Waals surface area contributed by atoms with E-state index in [1.54, 1.807) is 6.07 Å². The summed E-state index contributed by atoms with van der Waals surface area (Å²) in [6.07, 6.45) is -0.0409. The topological polar surface area (TPSA) is 35.5 Å². The summed E-state index contributed by atoms with van der Waals surface area (Å²) in [5.74, 6) is -0.0379. The first-order valence-corrected chi connectivity index (χ1v) is 9.63. The molecule has 1 aromatic carbocycles. The zero-order valence-corrected chi connectivity index (χ0v) is 15.3. The Balaban J connectivity index is 1.85. The fourth-order valence-electron chi connectivity index (χ4n) is 4.56. The number of likely N-dealkylation sites (tertiary alicyclic amines) is 1. The first kappa shape index (κ1) is 19.6. The number of hydrogen-bond acceptors (Lipinski definition) is 3. The predicted octanol–water partition coefficient (Wildman–Crippen LogP) is 3.63. The van der Waals surface area contributed by atoms with E-state index in [9.17, 15) is 18.3 Å². The minimum atomic E-state index is -4.34. The van der Waals surface area contributed by atoms with Crippen LogP contribution >= 0.6 is 0 Å². The van der Waals surface area contributed by atoms with Crippen molar-refractivity contribution in [2.45, 2.75) is 56.3 Å². The molecule has 4 atom stereocenters. The van der Waals surface area contributed by atoms with Crippen LogP contribution in [0, 0.1) is 5.92 Å². The van der Waals surface area contributed by atoms with Gasteiger partial charge in [0.25, 0.3) is 0 Å². The highest BCUT2D eigenvalue weighted by molar-refractivity contribution is 5.29. The van der Waals surface area contributed by atoms with Gasteiger partial charge in [-0.2, -0.15) is 13.2 Å². The lowest BCUT2D eigenvalue weighted by molar-refractivity contribution is -0.137. The van der Waals surface area contributed by atoms with Crippen LogP contribution in [0.25, 0.3) is 0 Å². The maximum Gasteiger partial charge on any atom is 0.416 e. The molecule has 1 aromatic rings. The van der Waals surface area contributed by atoms with Crippen molar-refractivity contribution in [1.29, 1.82) is 0 Å². The molecule has 2 N–H and O–H groups in total. The SMILES string of the molecule is CN[C@H]1CCN(CC(c2cccc(C(F)(F)F)c2)C2CCCCC2O)C1. The molecule has 1 aliphatic heterocycles. The summed E-state index contributed by atoms with van der Waals surface area (Å²) in [4.78, 5) is 2.33. The van der Waals surface area contributed by atoms with Gasteiger partial charge in [-0.25, -0.2) is 0 Å². The molecule has 2 aliphatic rings. The summed E-state index contributed by atoms with van der Waals surface area (Å²) in [5, 5.41) is 13.8. The van der Waals surface area contributed by atoms with Gasteiger partial charge in [-0.3, -0.25) is 0 Å². The number of nitrogens with zero attached hydrogens (tertiary/aromatic N) is 1. The summed E-state index contributed by atoms with van der Waals surface area (Å²) >= 11 is 0. The highest BCUT2D eigenvalue weighted by Gasteiger charge is 2.36. The van der Waals surface area contributed by atoms with Crippen molar-refractivity contribution in [3.8, 4) is 0 Å². The molecule has 2 fully saturated rings. The normalized spacial score (nSPS) is 29.0. The van der Waals surface area contributed by atoms with E-state index in [0.29, 0.717) is 18.2 Å². The van der Waals surface area contributed by atoms with Crippen LogP contribution in [0.15, 0.2) is 24.3 Å². The van der Waals surface area contributed by atoms with E-state index >= 15 is 0 Å². The lowest BCUT2D eigenvalue weighted by Crippen LogP contribution is -2.38. The van der Waals surface area contributed by atoms with E-state index in [4.69, 9.17) is 0 Å². The van der Waals surface area contributed by atoms with Crippen LogP contribution in [0.2, 0.25) is 0 Å². The maximum absolute atomic E-state index is 13.2. The average Bonchev–Trinajstić information content (AvgIpc) is 3.08. The van der Waals surface area contributed by atoms with Crippen LogP contribution < -0.4 is 5.32 Å². The smallest absolute Gasteiger partial charge is 0.393 e. The molecule has 3 rings (SSSR count). The average molecular weight is 370 g/mol. The Labute approximate surface area is 153 Å². The Bertz CT molecular complexity index is 593. The van der Waals surface area contributed by atoms with E-state index in [0.717, 1.165) is 51.3 Å². The lowest BCUT2D eigenvalue weighted by Gasteiger charge is -2.37. The van der Waals surface area contributed by atoms with Crippen molar-refractivity contribution in [3.05, 3.63) is 35.4 Å². The summed E-state index contributed by atoms with van der Waals surface area (Å²) in [7, 11) is 1.95. The zero-order chi connectivity index (χ0) is 18.7. The molecular weight excluding hydrogens is 341 g/mol. The molecular formula is C20H29F3N2O. The first-order valence-electron chi connectivity index (χ1n) is 9.63. The van der Waals surface area contributed by atoms with Gasteiger partial charge in [-0.1, -0.05) is 31.0 Å². The van der Waals surface area contributed by atoms with Gasteiger partial charge >= 0.3 is 6.18 Å². The largest absolute Gasteiger partial charge is 0.416 e. The number of aliphatic hydroxyl groups is 1. The maximum atomic E-state index is 13.2. The van der Waals surface area contributed by atoms with Crippen molar-refractivity contribution in [3.63, 3.8) is 0 Å². The number of nitrogens with one attached hydrogen (secondary N) is 1. The Morgan fingerprint density at radius 3 is 2.65 bits per heavy atom. The third-order valence-corrected chi connectivity index (χ3v) is 6.08. The molecule has 146 valence electrons. The van der Waals surface area contributed by atoms with Crippen molar-refractivity contribution in [2.75, 3.05) is 26.7 Å². The molecule has 3 nitrogen and oxygen atoms in total. The van der Waals surface area contributed by atoms with Gasteiger partial charge in [0.15, 0.2) is 0 Å². The zero-order valence-electron chi connectivity index (χ0n) is 15.3. The summed E-state index contributed by atoms with van der Waals surface area (Å²) in [6, 6.07) is 6.16. The van der Waals surface area contributed by atoms with Gasteiger partial charge in [0.05, 0.1) is 11.7 Å². The molecule has 26 heavy (non-hydrogen) atoms. The molecule has 0 amide bonds. The number of benzene rings is 1. The van der Waals surface area contributed by atoms with Crippen LogP contribution in [0.4, 0.5) is 13.2 Å². The first-order chi connectivity index (χ1) is 12.4. The minimum absolute atomic E-state index is 0.0286. The number of halogens is 3. The third-order valence-electron chi connectivity index (χ3n) is 6.08. The Morgan fingerprint density at radius 2 is 2.00 bits per heavy atom. The highest BCUT2D eigenvalue weighted by atomic mass is 19.4. The Hall–Kier alpha value is -1.11. The monoisotopic (exact) mass is 370 g/mol. The highest BCUT2D eigenvalue weighted by Crippen LogP contribution is 2.39. The van der Waals surface area contributed by atoms with E-state index in [1.165, 1.54) is 12.1 Å². The van der Waals surface area contributed by atoms with Gasteiger partial charge < -0.3 is 15.3 Å². The van der Waals surface area contributed by atoms with Crippen molar-refractivity contribution < 1.29 is 18.3 Å². The molecule has 1 saturated carbocycles. The van der Waals surface area contributed by atoms with E-state index in [-0.39, 0.29) is 11.8 Å². The summed E-state index contributed by atoms with van der Waals surface area (Å²) in [5.41, 5.74) is 0.110. The van der Waals surface area contributed by atoms with Crippen LogP contribution in [0.5, 0.6) is 0 Å². The molecule has 1 heterocycles. The number of aliphatic hydroxyl groups excluding tert-OH is 1. The van der Waals surface area contributed by atoms with Crippen molar-refractivity contribution in [1.82, 2.24) is 10.2 Å². The molecule has 6 heteroatoms. The Morgan fingerprint density at radius 1 is 1.23 bits per heavy atom. The molecule has 0 bridgehead atoms. The number of likely N-dealkylation sites (N-methyl/N-ethyl adjacent to an activating group) is 1.